The number of nitrogens with zero attached hydrogens (tertiary/aromatic N) is 3. The van der Waals surface area contributed by atoms with E-state index in [2.05, 4.69) is 16.0 Å². The second-order valence-electron chi connectivity index (χ2n) is 4.42. The smallest absolute Gasteiger partial charge is 0.163 e. The van der Waals surface area contributed by atoms with Crippen LogP contribution in [-0.4, -0.2) is 31.8 Å². The average Bonchev–Trinajstić information content (AvgIpc) is 2.40. The van der Waals surface area contributed by atoms with E-state index >= 15 is 0 Å². The highest BCUT2D eigenvalue weighted by Gasteiger charge is 2.17. The van der Waals surface area contributed by atoms with Gasteiger partial charge in [-0.25, -0.2) is 4.98 Å². The van der Waals surface area contributed by atoms with Gasteiger partial charge >= 0.3 is 0 Å². The van der Waals surface area contributed by atoms with E-state index in [-0.39, 0.29) is 0 Å². The van der Waals surface area contributed by atoms with E-state index in [0.717, 1.165) is 38.3 Å². The van der Waals surface area contributed by atoms with Crippen molar-refractivity contribution in [3.05, 3.63) is 24.0 Å². The van der Waals surface area contributed by atoms with Crippen LogP contribution in [0.25, 0.3) is 0 Å². The highest BCUT2D eigenvalue weighted by Crippen LogP contribution is 2.21. The first-order chi connectivity index (χ1) is 8.31. The van der Waals surface area contributed by atoms with Crippen LogP contribution in [-0.2, 0) is 4.74 Å². The van der Waals surface area contributed by atoms with Gasteiger partial charge in [0.25, 0.3) is 0 Å². The Morgan fingerprint density at radius 2 is 2.29 bits per heavy atom. The Bertz CT molecular complexity index is 407. The second-order valence-corrected chi connectivity index (χ2v) is 4.42. The molecule has 90 valence electrons. The number of pyridine rings is 1. The van der Waals surface area contributed by atoms with Gasteiger partial charge in [0, 0.05) is 33.0 Å². The van der Waals surface area contributed by atoms with Gasteiger partial charge in [0.15, 0.2) is 5.69 Å². The molecule has 0 aliphatic carbocycles. The van der Waals surface area contributed by atoms with Gasteiger partial charge in [-0.1, -0.05) is 0 Å². The molecular weight excluding hydrogens is 214 g/mol. The van der Waals surface area contributed by atoms with E-state index in [0.29, 0.717) is 11.6 Å². The Kier molecular flexibility index (Phi) is 3.94. The molecule has 1 aromatic heterocycles. The Morgan fingerprint density at radius 1 is 1.53 bits per heavy atom. The highest BCUT2D eigenvalue weighted by atomic mass is 16.5. The zero-order valence-electron chi connectivity index (χ0n) is 10.1. The maximum atomic E-state index is 9.01. The normalized spacial score (nSPS) is 16.5. The van der Waals surface area contributed by atoms with E-state index in [1.54, 1.807) is 6.20 Å². The predicted octanol–water partition coefficient (Wildman–Crippen LogP) is 1.82. The zero-order valence-corrected chi connectivity index (χ0v) is 10.1. The van der Waals surface area contributed by atoms with Gasteiger partial charge in [0.2, 0.25) is 0 Å². The summed E-state index contributed by atoms with van der Waals surface area (Å²) in [6, 6.07) is 5.96. The fraction of sp³-hybridized carbons (Fsp3) is 0.538. The van der Waals surface area contributed by atoms with Crippen molar-refractivity contribution in [2.45, 2.75) is 12.8 Å². The minimum atomic E-state index is 0.502. The molecule has 0 unspecified atom stereocenters. The van der Waals surface area contributed by atoms with Crippen LogP contribution in [0.15, 0.2) is 18.3 Å². The highest BCUT2D eigenvalue weighted by molar-refractivity contribution is 5.55. The minimum absolute atomic E-state index is 0.502. The maximum absolute atomic E-state index is 9.01. The Labute approximate surface area is 102 Å². The van der Waals surface area contributed by atoms with Crippen LogP contribution in [0.3, 0.4) is 0 Å². The molecule has 4 nitrogen and oxygen atoms in total. The maximum Gasteiger partial charge on any atom is 0.163 e. The van der Waals surface area contributed by atoms with Crippen molar-refractivity contribution in [1.82, 2.24) is 4.98 Å². The molecule has 0 saturated carbocycles. The summed E-state index contributed by atoms with van der Waals surface area (Å²) in [7, 11) is 2.02. The number of hydrogen-bond donors (Lipinski definition) is 0. The monoisotopic (exact) mass is 231 g/mol. The number of hydrogen-bond acceptors (Lipinski definition) is 4. The van der Waals surface area contributed by atoms with Gasteiger partial charge in [-0.15, -0.1) is 0 Å². The van der Waals surface area contributed by atoms with Crippen LogP contribution in [0.5, 0.6) is 0 Å². The van der Waals surface area contributed by atoms with Gasteiger partial charge in [-0.3, -0.25) is 0 Å². The first-order valence-electron chi connectivity index (χ1n) is 5.95. The summed E-state index contributed by atoms with van der Waals surface area (Å²) < 4.78 is 5.35. The van der Waals surface area contributed by atoms with Crippen LogP contribution in [0.4, 0.5) is 5.69 Å². The quantitative estimate of drug-likeness (QED) is 0.796. The molecular formula is C13H17N3O. The van der Waals surface area contributed by atoms with Crippen molar-refractivity contribution in [2.24, 2.45) is 5.92 Å². The molecule has 1 saturated heterocycles. The number of ether oxygens (including phenoxy) is 1. The van der Waals surface area contributed by atoms with Crippen LogP contribution >= 0.6 is 0 Å². The van der Waals surface area contributed by atoms with Crippen molar-refractivity contribution >= 4 is 5.69 Å². The molecule has 2 rings (SSSR count). The van der Waals surface area contributed by atoms with E-state index in [9.17, 15) is 0 Å². The van der Waals surface area contributed by atoms with Crippen molar-refractivity contribution in [3.8, 4) is 6.07 Å². The molecule has 0 atom stereocenters. The fourth-order valence-corrected chi connectivity index (χ4v) is 2.21. The lowest BCUT2D eigenvalue weighted by atomic mass is 9.99. The number of aromatic nitrogens is 1. The van der Waals surface area contributed by atoms with E-state index in [1.165, 1.54) is 0 Å². The molecule has 0 N–H and O–H groups in total. The molecule has 1 aliphatic rings. The number of rotatable bonds is 3. The summed E-state index contributed by atoms with van der Waals surface area (Å²) in [4.78, 5) is 6.21. The Balaban J connectivity index is 2.03. The summed E-state index contributed by atoms with van der Waals surface area (Å²) in [6.45, 7) is 2.68. The molecule has 2 heterocycles. The van der Waals surface area contributed by atoms with Crippen molar-refractivity contribution in [3.63, 3.8) is 0 Å². The van der Waals surface area contributed by atoms with E-state index < -0.39 is 0 Å². The van der Waals surface area contributed by atoms with E-state index in [1.807, 2.05) is 19.2 Å². The predicted molar refractivity (Wildman–Crippen MR) is 65.8 cm³/mol. The van der Waals surface area contributed by atoms with E-state index in [4.69, 9.17) is 10.00 Å². The summed E-state index contributed by atoms with van der Waals surface area (Å²) in [5.74, 6) is 0.653. The fourth-order valence-electron chi connectivity index (χ4n) is 2.21. The summed E-state index contributed by atoms with van der Waals surface area (Å²) in [5, 5.41) is 9.01. The Morgan fingerprint density at radius 3 is 3.00 bits per heavy atom. The zero-order chi connectivity index (χ0) is 12.1. The first kappa shape index (κ1) is 11.9. The third-order valence-corrected chi connectivity index (χ3v) is 3.18. The van der Waals surface area contributed by atoms with Gasteiger partial charge in [0.1, 0.15) is 6.07 Å². The van der Waals surface area contributed by atoms with Crippen LogP contribution in [0, 0.1) is 17.2 Å². The molecule has 0 amide bonds. The molecule has 1 aliphatic heterocycles. The molecule has 1 aromatic rings. The summed E-state index contributed by atoms with van der Waals surface area (Å²) in [6.07, 6.45) is 3.86. The molecule has 1 fully saturated rings. The largest absolute Gasteiger partial charge is 0.381 e. The molecule has 0 aromatic carbocycles. The molecule has 17 heavy (non-hydrogen) atoms. The summed E-state index contributed by atoms with van der Waals surface area (Å²) in [5.41, 5.74) is 1.42. The number of nitriles is 1. The summed E-state index contributed by atoms with van der Waals surface area (Å²) >= 11 is 0. The van der Waals surface area contributed by atoms with Gasteiger partial charge in [0.05, 0.1) is 5.69 Å². The SMILES string of the molecule is CN(CC1CCOCC1)c1cccnc1C#N. The molecule has 0 radical (unpaired) electrons. The lowest BCUT2D eigenvalue weighted by Gasteiger charge is -2.28. The van der Waals surface area contributed by atoms with Crippen LogP contribution < -0.4 is 4.90 Å². The standard InChI is InChI=1S/C13H17N3O/c1-16(10-11-4-7-17-8-5-11)13-3-2-6-15-12(13)9-14/h2-3,6,11H,4-5,7-8,10H2,1H3. The van der Waals surface area contributed by atoms with Crippen molar-refractivity contribution in [2.75, 3.05) is 31.7 Å². The minimum Gasteiger partial charge on any atom is -0.381 e. The molecule has 0 bridgehead atoms. The van der Waals surface area contributed by atoms with Crippen molar-refractivity contribution in [1.29, 1.82) is 5.26 Å². The van der Waals surface area contributed by atoms with Crippen molar-refractivity contribution < 1.29 is 4.74 Å². The lowest BCUT2D eigenvalue weighted by molar-refractivity contribution is 0.0685. The Hall–Kier alpha value is -1.60. The van der Waals surface area contributed by atoms with Gasteiger partial charge in [-0.05, 0) is 30.9 Å². The van der Waals surface area contributed by atoms with Crippen LogP contribution in [0.1, 0.15) is 18.5 Å². The third kappa shape index (κ3) is 2.95. The van der Waals surface area contributed by atoms with Gasteiger partial charge in [-0.2, -0.15) is 5.26 Å². The lowest BCUT2D eigenvalue weighted by Crippen LogP contribution is -2.30. The first-order valence-corrected chi connectivity index (χ1v) is 5.95. The molecule has 4 heteroatoms. The number of anilines is 1. The third-order valence-electron chi connectivity index (χ3n) is 3.18. The van der Waals surface area contributed by atoms with Crippen LogP contribution in [0.2, 0.25) is 0 Å². The average molecular weight is 231 g/mol. The second kappa shape index (κ2) is 5.65. The topological polar surface area (TPSA) is 49.1 Å². The van der Waals surface area contributed by atoms with Gasteiger partial charge < -0.3 is 9.64 Å². The molecule has 0 spiro atoms.